The fourth-order valence-corrected chi connectivity index (χ4v) is 3.53. The second-order valence-electron chi connectivity index (χ2n) is 5.93. The van der Waals surface area contributed by atoms with Gasteiger partial charge in [-0.15, -0.1) is 11.3 Å². The van der Waals surface area contributed by atoms with Crippen LogP contribution in [0.3, 0.4) is 0 Å². The maximum atomic E-state index is 12.4. The van der Waals surface area contributed by atoms with E-state index < -0.39 is 0 Å². The minimum atomic E-state index is 0.00804. The number of thiazole rings is 1. The Hall–Kier alpha value is -1.76. The summed E-state index contributed by atoms with van der Waals surface area (Å²) in [5.74, 6) is 0.00804. The molecule has 1 aliphatic heterocycles. The molecule has 0 aliphatic carbocycles. The van der Waals surface area contributed by atoms with Crippen LogP contribution in [-0.4, -0.2) is 41.6 Å². The Balaban J connectivity index is 1.41. The maximum Gasteiger partial charge on any atom is 0.273 e. The zero-order valence-electron chi connectivity index (χ0n) is 13.7. The smallest absolute Gasteiger partial charge is 0.273 e. The van der Waals surface area contributed by atoms with Gasteiger partial charge in [-0.3, -0.25) is 4.79 Å². The summed E-state index contributed by atoms with van der Waals surface area (Å²) in [6.45, 7) is 2.57. The van der Waals surface area contributed by atoms with Gasteiger partial charge in [0.2, 0.25) is 0 Å². The lowest BCUT2D eigenvalue weighted by atomic mass is 10.1. The van der Waals surface area contributed by atoms with Crippen molar-refractivity contribution in [3.05, 3.63) is 52.0 Å². The molecule has 0 bridgehead atoms. The molecule has 1 aliphatic rings. The summed E-state index contributed by atoms with van der Waals surface area (Å²) in [6.07, 6.45) is 2.94. The lowest BCUT2D eigenvalue weighted by Crippen LogP contribution is -2.41. The fourth-order valence-electron chi connectivity index (χ4n) is 2.88. The van der Waals surface area contributed by atoms with Crippen LogP contribution in [0.4, 0.5) is 0 Å². The molecule has 3 rings (SSSR count). The average molecular weight is 345 g/mol. The first-order valence-corrected chi connectivity index (χ1v) is 9.23. The van der Waals surface area contributed by atoms with E-state index in [1.807, 2.05) is 23.1 Å². The number of nitrogens with zero attached hydrogens (tertiary/aromatic N) is 2. The average Bonchev–Trinajstić information content (AvgIpc) is 3.12. The van der Waals surface area contributed by atoms with Gasteiger partial charge in [0.25, 0.3) is 5.91 Å². The van der Waals surface area contributed by atoms with Gasteiger partial charge in [-0.05, 0) is 24.8 Å². The number of piperidine rings is 1. The number of hydrogen-bond donors (Lipinski definition) is 1. The van der Waals surface area contributed by atoms with E-state index in [0.29, 0.717) is 12.2 Å². The Bertz CT molecular complexity index is 651. The number of carbonyl (C=O) groups is 1. The van der Waals surface area contributed by atoms with Crippen molar-refractivity contribution in [1.82, 2.24) is 9.88 Å². The van der Waals surface area contributed by atoms with Gasteiger partial charge in [0, 0.05) is 25.0 Å². The summed E-state index contributed by atoms with van der Waals surface area (Å²) in [4.78, 5) is 18.6. The number of aromatic nitrogens is 1. The van der Waals surface area contributed by atoms with Crippen molar-refractivity contribution in [3.8, 4) is 0 Å². The molecule has 1 saturated heterocycles. The predicted molar refractivity (Wildman–Crippen MR) is 95.0 cm³/mol. The molecule has 1 aromatic heterocycles. The van der Waals surface area contributed by atoms with Crippen molar-refractivity contribution in [2.75, 3.05) is 19.7 Å². The third kappa shape index (κ3) is 4.41. The molecular weight excluding hydrogens is 322 g/mol. The van der Waals surface area contributed by atoms with Crippen LogP contribution in [0.2, 0.25) is 0 Å². The second kappa shape index (κ2) is 8.37. The van der Waals surface area contributed by atoms with E-state index in [1.165, 1.54) is 16.9 Å². The molecule has 5 nitrogen and oxygen atoms in total. The molecular formula is C18H23N3O2S. The highest BCUT2D eigenvalue weighted by atomic mass is 32.1. The summed E-state index contributed by atoms with van der Waals surface area (Å²) in [5.41, 5.74) is 7.37. The van der Waals surface area contributed by atoms with Crippen molar-refractivity contribution in [3.63, 3.8) is 0 Å². The van der Waals surface area contributed by atoms with E-state index in [1.54, 1.807) is 5.38 Å². The lowest BCUT2D eigenvalue weighted by Gasteiger charge is -2.31. The van der Waals surface area contributed by atoms with Crippen molar-refractivity contribution < 1.29 is 9.53 Å². The van der Waals surface area contributed by atoms with Crippen LogP contribution in [0, 0.1) is 0 Å². The molecule has 2 heterocycles. The lowest BCUT2D eigenvalue weighted by molar-refractivity contribution is 0.00990. The highest BCUT2D eigenvalue weighted by molar-refractivity contribution is 7.09. The van der Waals surface area contributed by atoms with Crippen molar-refractivity contribution >= 4 is 17.2 Å². The van der Waals surface area contributed by atoms with Crippen LogP contribution >= 0.6 is 11.3 Å². The quantitative estimate of drug-likeness (QED) is 0.873. The maximum absolute atomic E-state index is 12.4. The number of rotatable bonds is 6. The minimum Gasteiger partial charge on any atom is -0.378 e. The van der Waals surface area contributed by atoms with E-state index in [-0.39, 0.29) is 12.0 Å². The molecule has 24 heavy (non-hydrogen) atoms. The molecule has 0 spiro atoms. The van der Waals surface area contributed by atoms with Gasteiger partial charge in [0.15, 0.2) is 0 Å². The van der Waals surface area contributed by atoms with Crippen LogP contribution in [0.15, 0.2) is 35.7 Å². The van der Waals surface area contributed by atoms with Crippen LogP contribution in [0.25, 0.3) is 0 Å². The van der Waals surface area contributed by atoms with E-state index in [2.05, 4.69) is 17.1 Å². The Morgan fingerprint density at radius 3 is 2.71 bits per heavy atom. The van der Waals surface area contributed by atoms with Crippen LogP contribution in [0.1, 0.15) is 33.9 Å². The SMILES string of the molecule is NCc1nc(C(=O)N2CCC(OCCc3ccccc3)CC2)cs1. The highest BCUT2D eigenvalue weighted by Gasteiger charge is 2.25. The number of benzene rings is 1. The summed E-state index contributed by atoms with van der Waals surface area (Å²) < 4.78 is 5.97. The summed E-state index contributed by atoms with van der Waals surface area (Å²) in [7, 11) is 0. The van der Waals surface area contributed by atoms with Crippen molar-refractivity contribution in [2.24, 2.45) is 5.73 Å². The first kappa shape index (κ1) is 17.1. The minimum absolute atomic E-state index is 0.00804. The number of hydrogen-bond acceptors (Lipinski definition) is 5. The normalized spacial score (nSPS) is 15.6. The van der Waals surface area contributed by atoms with Crippen LogP contribution in [0.5, 0.6) is 0 Å². The molecule has 0 atom stereocenters. The van der Waals surface area contributed by atoms with Crippen molar-refractivity contribution in [2.45, 2.75) is 31.9 Å². The number of ether oxygens (including phenoxy) is 1. The third-order valence-corrected chi connectivity index (χ3v) is 5.13. The monoisotopic (exact) mass is 345 g/mol. The van der Waals surface area contributed by atoms with Gasteiger partial charge < -0.3 is 15.4 Å². The number of nitrogens with two attached hydrogens (primary N) is 1. The molecule has 0 unspecified atom stereocenters. The summed E-state index contributed by atoms with van der Waals surface area (Å²) in [6, 6.07) is 10.4. The summed E-state index contributed by atoms with van der Waals surface area (Å²) >= 11 is 1.44. The predicted octanol–water partition coefficient (Wildman–Crippen LogP) is 2.47. The van der Waals surface area contributed by atoms with Gasteiger partial charge in [-0.2, -0.15) is 0 Å². The molecule has 1 aromatic carbocycles. The molecule has 0 radical (unpaired) electrons. The second-order valence-corrected chi connectivity index (χ2v) is 6.87. The van der Waals surface area contributed by atoms with Gasteiger partial charge >= 0.3 is 0 Å². The van der Waals surface area contributed by atoms with Crippen LogP contribution < -0.4 is 5.73 Å². The zero-order chi connectivity index (χ0) is 16.8. The van der Waals surface area contributed by atoms with Crippen LogP contribution in [-0.2, 0) is 17.7 Å². The van der Waals surface area contributed by atoms with E-state index in [4.69, 9.17) is 10.5 Å². The topological polar surface area (TPSA) is 68.5 Å². The van der Waals surface area contributed by atoms with E-state index >= 15 is 0 Å². The van der Waals surface area contributed by atoms with E-state index in [9.17, 15) is 4.79 Å². The van der Waals surface area contributed by atoms with Gasteiger partial charge in [-0.1, -0.05) is 30.3 Å². The third-order valence-electron chi connectivity index (χ3n) is 4.26. The van der Waals surface area contributed by atoms with Gasteiger partial charge in [0.1, 0.15) is 10.7 Å². The highest BCUT2D eigenvalue weighted by Crippen LogP contribution is 2.18. The molecule has 128 valence electrons. The zero-order valence-corrected chi connectivity index (χ0v) is 14.5. The Kier molecular flexibility index (Phi) is 5.96. The molecule has 0 saturated carbocycles. The fraction of sp³-hybridized carbons (Fsp3) is 0.444. The molecule has 1 fully saturated rings. The van der Waals surface area contributed by atoms with Crippen molar-refractivity contribution in [1.29, 1.82) is 0 Å². The Morgan fingerprint density at radius 2 is 2.04 bits per heavy atom. The first-order valence-electron chi connectivity index (χ1n) is 8.35. The molecule has 2 N–H and O–H groups in total. The Labute approximate surface area is 146 Å². The van der Waals surface area contributed by atoms with E-state index in [0.717, 1.165) is 44.0 Å². The van der Waals surface area contributed by atoms with Gasteiger partial charge in [-0.25, -0.2) is 4.98 Å². The molecule has 2 aromatic rings. The van der Waals surface area contributed by atoms with Gasteiger partial charge in [0.05, 0.1) is 12.7 Å². The number of likely N-dealkylation sites (tertiary alicyclic amines) is 1. The largest absolute Gasteiger partial charge is 0.378 e. The number of amides is 1. The molecule has 6 heteroatoms. The first-order chi connectivity index (χ1) is 11.8. The standard InChI is InChI=1S/C18H23N3O2S/c19-12-17-20-16(13-24-17)18(22)21-9-6-15(7-10-21)23-11-8-14-4-2-1-3-5-14/h1-5,13,15H,6-12,19H2. The Morgan fingerprint density at radius 1 is 1.29 bits per heavy atom. The summed E-state index contributed by atoms with van der Waals surface area (Å²) in [5, 5.41) is 2.60. The number of carbonyl (C=O) groups excluding carboxylic acids is 1. The molecule has 1 amide bonds.